The third-order valence-electron chi connectivity index (χ3n) is 2.69. The first-order chi connectivity index (χ1) is 9.93. The molecular weight excluding hydrogens is 290 g/mol. The zero-order valence-electron chi connectivity index (χ0n) is 10.7. The van der Waals surface area contributed by atoms with Gasteiger partial charge in [0.2, 0.25) is 0 Å². The minimum atomic E-state index is -1.37. The second-order valence-electron chi connectivity index (χ2n) is 4.02. The number of rotatable bonds is 3. The number of halogens is 4. The minimum Gasteiger partial charge on any atom is -0.465 e. The molecule has 0 saturated carbocycles. The molecule has 0 aliphatic carbocycles. The van der Waals surface area contributed by atoms with Crippen LogP contribution in [0.15, 0.2) is 30.3 Å². The van der Waals surface area contributed by atoms with Gasteiger partial charge in [-0.3, -0.25) is 0 Å². The van der Waals surface area contributed by atoms with E-state index in [1.807, 2.05) is 0 Å². The number of anilines is 2. The lowest BCUT2D eigenvalue weighted by Gasteiger charge is -2.13. The van der Waals surface area contributed by atoms with Gasteiger partial charge in [-0.2, -0.15) is 0 Å². The predicted molar refractivity (Wildman–Crippen MR) is 67.3 cm³/mol. The molecule has 0 radical (unpaired) electrons. The normalized spacial score (nSPS) is 10.3. The van der Waals surface area contributed by atoms with E-state index in [0.717, 1.165) is 31.4 Å². The number of methoxy groups -OCH3 is 1. The van der Waals surface area contributed by atoms with Crippen molar-refractivity contribution in [1.29, 1.82) is 0 Å². The van der Waals surface area contributed by atoms with Crippen molar-refractivity contribution in [3.8, 4) is 0 Å². The molecule has 0 bridgehead atoms. The van der Waals surface area contributed by atoms with Crippen molar-refractivity contribution in [2.24, 2.45) is 0 Å². The number of esters is 1. The Morgan fingerprint density at radius 3 is 2.38 bits per heavy atom. The largest absolute Gasteiger partial charge is 0.465 e. The summed E-state index contributed by atoms with van der Waals surface area (Å²) in [5.74, 6) is -5.38. The van der Waals surface area contributed by atoms with Gasteiger partial charge in [-0.15, -0.1) is 0 Å². The van der Waals surface area contributed by atoms with Crippen LogP contribution < -0.4 is 5.32 Å². The highest BCUT2D eigenvalue weighted by atomic mass is 19.2. The molecule has 2 aromatic rings. The average molecular weight is 299 g/mol. The number of carbonyl (C=O) groups excluding carboxylic acids is 1. The van der Waals surface area contributed by atoms with E-state index in [1.54, 1.807) is 0 Å². The van der Waals surface area contributed by atoms with Gasteiger partial charge in [0.15, 0.2) is 11.6 Å². The van der Waals surface area contributed by atoms with Crippen LogP contribution in [-0.4, -0.2) is 13.1 Å². The van der Waals surface area contributed by atoms with Crippen molar-refractivity contribution >= 4 is 17.3 Å². The fourth-order valence-corrected chi connectivity index (χ4v) is 1.68. The molecule has 2 aromatic carbocycles. The van der Waals surface area contributed by atoms with Crippen LogP contribution in [0, 0.1) is 23.3 Å². The lowest BCUT2D eigenvalue weighted by atomic mass is 10.1. The Kier molecular flexibility index (Phi) is 4.11. The van der Waals surface area contributed by atoms with Crippen molar-refractivity contribution in [2.75, 3.05) is 12.4 Å². The Balaban J connectivity index is 2.51. The van der Waals surface area contributed by atoms with E-state index in [4.69, 9.17) is 0 Å². The van der Waals surface area contributed by atoms with E-state index < -0.39 is 34.9 Å². The number of nitrogens with one attached hydrogen (secondary N) is 1. The fraction of sp³-hybridized carbons (Fsp3) is 0.0714. The van der Waals surface area contributed by atoms with Gasteiger partial charge in [0.25, 0.3) is 0 Å². The number of ether oxygens (including phenoxy) is 1. The summed E-state index contributed by atoms with van der Waals surface area (Å²) in [7, 11) is 1.06. The Bertz CT molecular complexity index is 704. The van der Waals surface area contributed by atoms with E-state index in [-0.39, 0.29) is 11.3 Å². The number of carbonyl (C=O) groups is 1. The maximum atomic E-state index is 13.8. The van der Waals surface area contributed by atoms with Crippen LogP contribution in [0.4, 0.5) is 28.9 Å². The molecule has 0 unspecified atom stereocenters. The van der Waals surface area contributed by atoms with Crippen LogP contribution >= 0.6 is 0 Å². The molecule has 0 amide bonds. The van der Waals surface area contributed by atoms with Gasteiger partial charge in [-0.05, 0) is 24.3 Å². The molecule has 0 saturated heterocycles. The second kappa shape index (κ2) is 5.82. The standard InChI is InChI=1S/C14H9F4NO2/c1-21-14(20)8-3-4-9(16)12(18)13(8)19-11-5-2-7(15)6-10(11)17/h2-6,19H,1H3. The van der Waals surface area contributed by atoms with E-state index in [1.165, 1.54) is 0 Å². The average Bonchev–Trinajstić information content (AvgIpc) is 2.45. The summed E-state index contributed by atoms with van der Waals surface area (Å²) in [6, 6.07) is 4.23. The molecule has 0 spiro atoms. The van der Waals surface area contributed by atoms with Gasteiger partial charge in [0, 0.05) is 6.07 Å². The quantitative estimate of drug-likeness (QED) is 0.692. The number of benzene rings is 2. The summed E-state index contributed by atoms with van der Waals surface area (Å²) < 4.78 is 57.9. The summed E-state index contributed by atoms with van der Waals surface area (Å²) in [5.41, 5.74) is -1.22. The molecular formula is C14H9F4NO2. The van der Waals surface area contributed by atoms with Crippen molar-refractivity contribution < 1.29 is 27.1 Å². The summed E-state index contributed by atoms with van der Waals surface area (Å²) in [4.78, 5) is 11.5. The first-order valence-electron chi connectivity index (χ1n) is 5.72. The Labute approximate surface area is 117 Å². The highest BCUT2D eigenvalue weighted by Gasteiger charge is 2.20. The monoisotopic (exact) mass is 299 g/mol. The van der Waals surface area contributed by atoms with Crippen molar-refractivity contribution in [3.05, 3.63) is 59.2 Å². The van der Waals surface area contributed by atoms with Gasteiger partial charge < -0.3 is 10.1 Å². The third-order valence-corrected chi connectivity index (χ3v) is 2.69. The van der Waals surface area contributed by atoms with E-state index in [2.05, 4.69) is 10.1 Å². The zero-order chi connectivity index (χ0) is 15.6. The Morgan fingerprint density at radius 1 is 1.05 bits per heavy atom. The molecule has 0 aliphatic heterocycles. The van der Waals surface area contributed by atoms with Crippen LogP contribution in [0.2, 0.25) is 0 Å². The molecule has 0 heterocycles. The Hall–Kier alpha value is -2.57. The van der Waals surface area contributed by atoms with Crippen LogP contribution in [0.5, 0.6) is 0 Å². The van der Waals surface area contributed by atoms with E-state index in [9.17, 15) is 22.4 Å². The number of hydrogen-bond acceptors (Lipinski definition) is 3. The molecule has 0 fully saturated rings. The second-order valence-corrected chi connectivity index (χ2v) is 4.02. The summed E-state index contributed by atoms with van der Waals surface area (Å²) in [6.45, 7) is 0. The molecule has 0 aliphatic rings. The molecule has 0 aromatic heterocycles. The summed E-state index contributed by atoms with van der Waals surface area (Å²) in [5, 5.41) is 2.23. The highest BCUT2D eigenvalue weighted by Crippen LogP contribution is 2.28. The highest BCUT2D eigenvalue weighted by molar-refractivity contribution is 5.96. The van der Waals surface area contributed by atoms with Gasteiger partial charge in [0.1, 0.15) is 11.6 Å². The fourth-order valence-electron chi connectivity index (χ4n) is 1.68. The van der Waals surface area contributed by atoms with Crippen LogP contribution in [-0.2, 0) is 4.74 Å². The maximum Gasteiger partial charge on any atom is 0.340 e. The topological polar surface area (TPSA) is 38.3 Å². The Morgan fingerprint density at radius 2 is 1.76 bits per heavy atom. The van der Waals surface area contributed by atoms with Gasteiger partial charge >= 0.3 is 5.97 Å². The van der Waals surface area contributed by atoms with E-state index in [0.29, 0.717) is 6.07 Å². The van der Waals surface area contributed by atoms with E-state index >= 15 is 0 Å². The lowest BCUT2D eigenvalue weighted by Crippen LogP contribution is -2.09. The SMILES string of the molecule is COC(=O)c1ccc(F)c(F)c1Nc1ccc(F)cc1F. The molecule has 1 N–H and O–H groups in total. The minimum absolute atomic E-state index is 0.314. The summed E-state index contributed by atoms with van der Waals surface area (Å²) >= 11 is 0. The maximum absolute atomic E-state index is 13.8. The van der Waals surface area contributed by atoms with Crippen molar-refractivity contribution in [2.45, 2.75) is 0 Å². The number of hydrogen-bond donors (Lipinski definition) is 1. The zero-order valence-corrected chi connectivity index (χ0v) is 10.7. The summed E-state index contributed by atoms with van der Waals surface area (Å²) in [6.07, 6.45) is 0. The van der Waals surface area contributed by atoms with Crippen LogP contribution in [0.1, 0.15) is 10.4 Å². The van der Waals surface area contributed by atoms with Gasteiger partial charge in [-0.1, -0.05) is 0 Å². The first-order valence-corrected chi connectivity index (χ1v) is 5.72. The smallest absolute Gasteiger partial charge is 0.340 e. The molecule has 0 atom stereocenters. The van der Waals surface area contributed by atoms with Gasteiger partial charge in [0.05, 0.1) is 24.0 Å². The van der Waals surface area contributed by atoms with Gasteiger partial charge in [-0.25, -0.2) is 22.4 Å². The molecule has 3 nitrogen and oxygen atoms in total. The molecule has 21 heavy (non-hydrogen) atoms. The van der Waals surface area contributed by atoms with Crippen molar-refractivity contribution in [3.63, 3.8) is 0 Å². The van der Waals surface area contributed by atoms with Crippen molar-refractivity contribution in [1.82, 2.24) is 0 Å². The predicted octanol–water partition coefficient (Wildman–Crippen LogP) is 3.77. The molecule has 110 valence electrons. The van der Waals surface area contributed by atoms with Crippen LogP contribution in [0.3, 0.4) is 0 Å². The van der Waals surface area contributed by atoms with Crippen LogP contribution in [0.25, 0.3) is 0 Å². The molecule has 7 heteroatoms. The third kappa shape index (κ3) is 2.96. The molecule has 2 rings (SSSR count). The lowest BCUT2D eigenvalue weighted by molar-refractivity contribution is 0.0601. The first kappa shape index (κ1) is 14.8.